The summed E-state index contributed by atoms with van der Waals surface area (Å²) < 4.78 is 30.1. The maximum Gasteiger partial charge on any atom is 0.230 e. The van der Waals surface area contributed by atoms with E-state index in [9.17, 15) is 13.2 Å². The van der Waals surface area contributed by atoms with Crippen LogP contribution in [-0.4, -0.2) is 76.3 Å². The van der Waals surface area contributed by atoms with Crippen LogP contribution >= 0.6 is 0 Å². The first-order chi connectivity index (χ1) is 12.5. The van der Waals surface area contributed by atoms with E-state index in [2.05, 4.69) is 4.90 Å². The number of hydrogen-bond donors (Lipinski definition) is 0. The van der Waals surface area contributed by atoms with Crippen LogP contribution in [0.15, 0.2) is 35.2 Å². The first-order valence-electron chi connectivity index (χ1n) is 9.25. The normalized spacial score (nSPS) is 24.5. The van der Waals surface area contributed by atoms with Gasteiger partial charge in [-0.15, -0.1) is 0 Å². The molecule has 2 fully saturated rings. The number of likely N-dealkylation sites (tertiary alicyclic amines) is 2. The average molecular weight is 381 g/mol. The lowest BCUT2D eigenvalue weighted by molar-refractivity contribution is -0.146. The molecule has 2 heterocycles. The molecule has 1 atom stereocenters. The minimum absolute atomic E-state index is 0.0919. The number of carbonyl (C=O) groups excluding carboxylic acids is 1. The zero-order valence-electron chi connectivity index (χ0n) is 15.4. The molecule has 1 amide bonds. The van der Waals surface area contributed by atoms with Crippen molar-refractivity contribution in [2.24, 2.45) is 5.41 Å². The lowest BCUT2D eigenvalue weighted by atomic mass is 9.78. The number of rotatable bonds is 7. The van der Waals surface area contributed by atoms with E-state index in [1.807, 2.05) is 11.0 Å². The predicted octanol–water partition coefficient (Wildman–Crippen LogP) is 1.42. The number of carbonyl (C=O) groups is 1. The molecular formula is C19H28N2O4S. The molecule has 0 N–H and O–H groups in total. The summed E-state index contributed by atoms with van der Waals surface area (Å²) in [7, 11) is -1.63. The van der Waals surface area contributed by atoms with Gasteiger partial charge in [-0.25, -0.2) is 8.42 Å². The van der Waals surface area contributed by atoms with Gasteiger partial charge in [0.1, 0.15) is 0 Å². The van der Waals surface area contributed by atoms with Gasteiger partial charge in [-0.1, -0.05) is 18.2 Å². The molecule has 0 radical (unpaired) electrons. The second-order valence-electron chi connectivity index (χ2n) is 7.33. The summed E-state index contributed by atoms with van der Waals surface area (Å²) >= 11 is 0. The summed E-state index contributed by atoms with van der Waals surface area (Å²) in [6, 6.07) is 8.58. The topological polar surface area (TPSA) is 66.9 Å². The van der Waals surface area contributed by atoms with E-state index < -0.39 is 9.84 Å². The first kappa shape index (κ1) is 19.3. The van der Waals surface area contributed by atoms with Crippen molar-refractivity contribution in [3.8, 4) is 0 Å². The van der Waals surface area contributed by atoms with Gasteiger partial charge < -0.3 is 14.5 Å². The van der Waals surface area contributed by atoms with Gasteiger partial charge in [-0.2, -0.15) is 0 Å². The largest absolute Gasteiger partial charge is 0.383 e. The first-order valence-corrected chi connectivity index (χ1v) is 10.9. The van der Waals surface area contributed by atoms with Crippen LogP contribution in [0, 0.1) is 5.41 Å². The molecule has 0 saturated carbocycles. The van der Waals surface area contributed by atoms with Gasteiger partial charge in [0.05, 0.1) is 22.7 Å². The van der Waals surface area contributed by atoms with Crippen LogP contribution < -0.4 is 0 Å². The SMILES string of the molecule is COCCN1CCC[C@]2(CCN(CCS(=O)(=O)c3ccccc3)C2)C1=O. The van der Waals surface area contributed by atoms with Crippen molar-refractivity contribution in [1.29, 1.82) is 0 Å². The van der Waals surface area contributed by atoms with E-state index in [0.29, 0.717) is 31.1 Å². The molecule has 1 aromatic carbocycles. The van der Waals surface area contributed by atoms with Gasteiger partial charge in [-0.3, -0.25) is 4.79 Å². The molecule has 6 nitrogen and oxygen atoms in total. The summed E-state index contributed by atoms with van der Waals surface area (Å²) in [5.41, 5.74) is -0.331. The van der Waals surface area contributed by atoms with Gasteiger partial charge in [0, 0.05) is 33.3 Å². The average Bonchev–Trinajstić information content (AvgIpc) is 3.06. The summed E-state index contributed by atoms with van der Waals surface area (Å²) in [5.74, 6) is 0.309. The molecule has 26 heavy (non-hydrogen) atoms. The molecule has 1 aromatic rings. The summed E-state index contributed by atoms with van der Waals surface area (Å²) in [6.45, 7) is 3.92. The third-order valence-corrected chi connectivity index (χ3v) is 7.31. The van der Waals surface area contributed by atoms with E-state index in [-0.39, 0.29) is 17.1 Å². The van der Waals surface area contributed by atoms with Crippen LogP contribution in [0.25, 0.3) is 0 Å². The van der Waals surface area contributed by atoms with Crippen LogP contribution in [0.2, 0.25) is 0 Å². The minimum Gasteiger partial charge on any atom is -0.383 e. The van der Waals surface area contributed by atoms with Crippen molar-refractivity contribution in [3.63, 3.8) is 0 Å². The fourth-order valence-electron chi connectivity index (χ4n) is 4.09. The number of hydrogen-bond acceptors (Lipinski definition) is 5. The van der Waals surface area contributed by atoms with Crippen molar-refractivity contribution < 1.29 is 17.9 Å². The fourth-order valence-corrected chi connectivity index (χ4v) is 5.40. The highest BCUT2D eigenvalue weighted by Gasteiger charge is 2.48. The Hall–Kier alpha value is -1.44. The molecule has 3 rings (SSSR count). The Morgan fingerprint density at radius 3 is 2.62 bits per heavy atom. The Kier molecular flexibility index (Phi) is 5.99. The third kappa shape index (κ3) is 4.10. The second-order valence-corrected chi connectivity index (χ2v) is 9.44. The molecule has 2 aliphatic rings. The van der Waals surface area contributed by atoms with Crippen molar-refractivity contribution in [1.82, 2.24) is 9.80 Å². The number of methoxy groups -OCH3 is 1. The van der Waals surface area contributed by atoms with Gasteiger partial charge in [0.2, 0.25) is 5.91 Å². The van der Waals surface area contributed by atoms with E-state index in [1.165, 1.54) is 0 Å². The smallest absolute Gasteiger partial charge is 0.230 e. The predicted molar refractivity (Wildman–Crippen MR) is 99.7 cm³/mol. The Morgan fingerprint density at radius 2 is 1.88 bits per heavy atom. The number of benzene rings is 1. The number of piperidine rings is 1. The standard InChI is InChI=1S/C19H28N2O4S/c1-25-14-12-21-10-5-8-19(18(21)22)9-11-20(16-19)13-15-26(23,24)17-6-3-2-4-7-17/h2-4,6-7H,5,8-16H2,1H3/t19-/m1/s1. The molecule has 0 aromatic heterocycles. The Balaban J connectivity index is 1.59. The maximum atomic E-state index is 12.9. The van der Waals surface area contributed by atoms with E-state index >= 15 is 0 Å². The highest BCUT2D eigenvalue weighted by molar-refractivity contribution is 7.91. The molecule has 0 unspecified atom stereocenters. The number of ether oxygens (including phenoxy) is 1. The molecule has 144 valence electrons. The van der Waals surface area contributed by atoms with E-state index in [0.717, 1.165) is 32.4 Å². The molecule has 0 bridgehead atoms. The second kappa shape index (κ2) is 8.06. The van der Waals surface area contributed by atoms with Crippen LogP contribution in [0.1, 0.15) is 19.3 Å². The van der Waals surface area contributed by atoms with Crippen LogP contribution in [-0.2, 0) is 19.4 Å². The molecule has 7 heteroatoms. The highest BCUT2D eigenvalue weighted by atomic mass is 32.2. The zero-order chi connectivity index (χ0) is 18.6. The van der Waals surface area contributed by atoms with Crippen LogP contribution in [0.5, 0.6) is 0 Å². The molecule has 0 aliphatic carbocycles. The number of amides is 1. The number of nitrogens with zero attached hydrogens (tertiary/aromatic N) is 2. The molecule has 1 spiro atoms. The lowest BCUT2D eigenvalue weighted by Gasteiger charge is -2.39. The molecule has 2 aliphatic heterocycles. The van der Waals surface area contributed by atoms with Gasteiger partial charge in [0.15, 0.2) is 9.84 Å². The Morgan fingerprint density at radius 1 is 1.12 bits per heavy atom. The Bertz CT molecular complexity index is 722. The van der Waals surface area contributed by atoms with E-state index in [1.54, 1.807) is 31.4 Å². The van der Waals surface area contributed by atoms with Gasteiger partial charge in [-0.05, 0) is 37.9 Å². The van der Waals surface area contributed by atoms with Gasteiger partial charge in [0.25, 0.3) is 0 Å². The monoisotopic (exact) mass is 380 g/mol. The fraction of sp³-hybridized carbons (Fsp3) is 0.632. The molecule has 2 saturated heterocycles. The third-order valence-electron chi connectivity index (χ3n) is 5.60. The van der Waals surface area contributed by atoms with E-state index in [4.69, 9.17) is 4.74 Å². The zero-order valence-corrected chi connectivity index (χ0v) is 16.2. The van der Waals surface area contributed by atoms with Gasteiger partial charge >= 0.3 is 0 Å². The summed E-state index contributed by atoms with van der Waals surface area (Å²) in [6.07, 6.45) is 2.73. The molecular weight excluding hydrogens is 352 g/mol. The maximum absolute atomic E-state index is 12.9. The van der Waals surface area contributed by atoms with Crippen molar-refractivity contribution in [3.05, 3.63) is 30.3 Å². The van der Waals surface area contributed by atoms with Crippen molar-refractivity contribution in [2.45, 2.75) is 24.2 Å². The van der Waals surface area contributed by atoms with Crippen molar-refractivity contribution >= 4 is 15.7 Å². The lowest BCUT2D eigenvalue weighted by Crippen LogP contribution is -2.51. The Labute approximate surface area is 156 Å². The van der Waals surface area contributed by atoms with Crippen LogP contribution in [0.3, 0.4) is 0 Å². The summed E-state index contributed by atoms with van der Waals surface area (Å²) in [4.78, 5) is 17.4. The van der Waals surface area contributed by atoms with Crippen LogP contribution in [0.4, 0.5) is 0 Å². The minimum atomic E-state index is -3.28. The van der Waals surface area contributed by atoms with Crippen molar-refractivity contribution in [2.75, 3.05) is 52.2 Å². The summed E-state index contributed by atoms with van der Waals surface area (Å²) in [5, 5.41) is 0. The highest BCUT2D eigenvalue weighted by Crippen LogP contribution is 2.40. The number of sulfone groups is 1. The quantitative estimate of drug-likeness (QED) is 0.716.